The van der Waals surface area contributed by atoms with E-state index in [2.05, 4.69) is 5.10 Å². The van der Waals surface area contributed by atoms with E-state index in [9.17, 15) is 9.50 Å². The Morgan fingerprint density at radius 3 is 2.84 bits per heavy atom. The summed E-state index contributed by atoms with van der Waals surface area (Å²) in [7, 11) is 1.83. The van der Waals surface area contributed by atoms with Crippen LogP contribution >= 0.6 is 0 Å². The number of aliphatic hydroxyl groups is 1. The van der Waals surface area contributed by atoms with E-state index in [1.54, 1.807) is 16.8 Å². The number of hydrogen-bond donors (Lipinski definition) is 1. The summed E-state index contributed by atoms with van der Waals surface area (Å²) in [5.41, 5.74) is 2.28. The lowest BCUT2D eigenvalue weighted by Crippen LogP contribution is -2.05. The number of halogens is 1. The van der Waals surface area contributed by atoms with E-state index in [1.165, 1.54) is 6.07 Å². The fourth-order valence-corrected chi connectivity index (χ4v) is 1.87. The van der Waals surface area contributed by atoms with E-state index >= 15 is 0 Å². The molecule has 0 unspecified atom stereocenters. The van der Waals surface area contributed by atoms with Crippen LogP contribution in [0, 0.1) is 5.82 Å². The zero-order valence-corrected chi connectivity index (χ0v) is 11.1. The molecule has 4 nitrogen and oxygen atoms in total. The minimum absolute atomic E-state index is 0.101. The standard InChI is InChI=1S/C14H17FN2O2/c1-3-11-7-12(17(2)16-11)9-19-14-10(8-18)5-4-6-13(14)15/h4-7,18H,3,8-9H2,1-2H3. The van der Waals surface area contributed by atoms with Crippen molar-refractivity contribution in [3.8, 4) is 5.75 Å². The van der Waals surface area contributed by atoms with Gasteiger partial charge in [-0.3, -0.25) is 4.68 Å². The summed E-state index contributed by atoms with van der Waals surface area (Å²) in [5, 5.41) is 13.5. The highest BCUT2D eigenvalue weighted by Crippen LogP contribution is 2.23. The first-order valence-electron chi connectivity index (χ1n) is 6.18. The molecule has 0 atom stereocenters. The maximum absolute atomic E-state index is 13.7. The zero-order valence-electron chi connectivity index (χ0n) is 11.1. The number of aromatic nitrogens is 2. The van der Waals surface area contributed by atoms with Crippen LogP contribution in [0.4, 0.5) is 4.39 Å². The van der Waals surface area contributed by atoms with Gasteiger partial charge in [0.2, 0.25) is 0 Å². The van der Waals surface area contributed by atoms with Crippen LogP contribution in [-0.4, -0.2) is 14.9 Å². The van der Waals surface area contributed by atoms with Gasteiger partial charge in [-0.1, -0.05) is 19.1 Å². The second kappa shape index (κ2) is 5.84. The topological polar surface area (TPSA) is 47.3 Å². The van der Waals surface area contributed by atoms with Crippen LogP contribution in [0.3, 0.4) is 0 Å². The third-order valence-electron chi connectivity index (χ3n) is 2.97. The molecule has 0 fully saturated rings. The number of aliphatic hydroxyl groups excluding tert-OH is 1. The number of ether oxygens (including phenoxy) is 1. The van der Waals surface area contributed by atoms with Crippen molar-refractivity contribution in [1.82, 2.24) is 9.78 Å². The Hall–Kier alpha value is -1.88. The molecular formula is C14H17FN2O2. The van der Waals surface area contributed by atoms with E-state index < -0.39 is 5.82 Å². The van der Waals surface area contributed by atoms with E-state index in [1.807, 2.05) is 20.0 Å². The third-order valence-corrected chi connectivity index (χ3v) is 2.97. The molecule has 0 bridgehead atoms. The fraction of sp³-hybridized carbons (Fsp3) is 0.357. The van der Waals surface area contributed by atoms with E-state index in [4.69, 9.17) is 4.74 Å². The third kappa shape index (κ3) is 2.93. The molecule has 1 heterocycles. The molecule has 0 aliphatic rings. The molecule has 0 spiro atoms. The number of benzene rings is 1. The Bertz CT molecular complexity index is 567. The Balaban J connectivity index is 2.16. The van der Waals surface area contributed by atoms with Gasteiger partial charge in [-0.25, -0.2) is 4.39 Å². The Morgan fingerprint density at radius 2 is 2.21 bits per heavy atom. The van der Waals surface area contributed by atoms with Crippen LogP contribution in [0.15, 0.2) is 24.3 Å². The fourth-order valence-electron chi connectivity index (χ4n) is 1.87. The van der Waals surface area contributed by atoms with Crippen molar-refractivity contribution in [1.29, 1.82) is 0 Å². The summed E-state index contributed by atoms with van der Waals surface area (Å²) >= 11 is 0. The Kier molecular flexibility index (Phi) is 4.16. The largest absolute Gasteiger partial charge is 0.484 e. The second-order valence-electron chi connectivity index (χ2n) is 4.28. The van der Waals surface area contributed by atoms with Crippen LogP contribution in [0.5, 0.6) is 5.75 Å². The summed E-state index contributed by atoms with van der Waals surface area (Å²) < 4.78 is 20.9. The van der Waals surface area contributed by atoms with Crippen LogP contribution in [0.25, 0.3) is 0 Å². The van der Waals surface area contributed by atoms with Crippen LogP contribution < -0.4 is 4.74 Å². The molecule has 0 aliphatic carbocycles. The van der Waals surface area contributed by atoms with Gasteiger partial charge >= 0.3 is 0 Å². The smallest absolute Gasteiger partial charge is 0.165 e. The lowest BCUT2D eigenvalue weighted by Gasteiger charge is -2.10. The maximum Gasteiger partial charge on any atom is 0.165 e. The molecule has 5 heteroatoms. The predicted molar refractivity (Wildman–Crippen MR) is 69.2 cm³/mol. The van der Waals surface area contributed by atoms with Gasteiger partial charge in [0, 0.05) is 12.6 Å². The van der Waals surface area contributed by atoms with Crippen molar-refractivity contribution in [2.24, 2.45) is 7.05 Å². The minimum Gasteiger partial charge on any atom is -0.484 e. The molecule has 0 aliphatic heterocycles. The van der Waals surface area contributed by atoms with Gasteiger partial charge in [0.1, 0.15) is 6.61 Å². The minimum atomic E-state index is -0.468. The van der Waals surface area contributed by atoms with Gasteiger partial charge in [-0.05, 0) is 18.6 Å². The second-order valence-corrected chi connectivity index (χ2v) is 4.28. The summed E-state index contributed by atoms with van der Waals surface area (Å²) in [6.45, 7) is 1.99. The van der Waals surface area contributed by atoms with Gasteiger partial charge in [-0.15, -0.1) is 0 Å². The van der Waals surface area contributed by atoms with E-state index in [0.29, 0.717) is 5.56 Å². The molecule has 2 aromatic rings. The molecule has 0 amide bonds. The average molecular weight is 264 g/mol. The molecule has 102 valence electrons. The van der Waals surface area contributed by atoms with Gasteiger partial charge in [-0.2, -0.15) is 5.10 Å². The van der Waals surface area contributed by atoms with Crippen LogP contribution in [0.1, 0.15) is 23.9 Å². The van der Waals surface area contributed by atoms with Crippen molar-refractivity contribution in [3.05, 3.63) is 47.0 Å². The SMILES string of the molecule is CCc1cc(COc2c(F)cccc2CO)n(C)n1. The molecule has 1 N–H and O–H groups in total. The van der Waals surface area contributed by atoms with Gasteiger partial charge < -0.3 is 9.84 Å². The van der Waals surface area contributed by atoms with Crippen molar-refractivity contribution in [2.75, 3.05) is 0 Å². The molecule has 2 rings (SSSR count). The molecular weight excluding hydrogens is 247 g/mol. The molecule has 0 saturated carbocycles. The van der Waals surface area contributed by atoms with Crippen LogP contribution in [0.2, 0.25) is 0 Å². The molecule has 19 heavy (non-hydrogen) atoms. The highest BCUT2D eigenvalue weighted by atomic mass is 19.1. The highest BCUT2D eigenvalue weighted by molar-refractivity contribution is 5.34. The Morgan fingerprint density at radius 1 is 1.42 bits per heavy atom. The Labute approximate surface area is 111 Å². The van der Waals surface area contributed by atoms with Gasteiger partial charge in [0.05, 0.1) is 18.0 Å². The van der Waals surface area contributed by atoms with E-state index in [0.717, 1.165) is 17.8 Å². The number of nitrogens with zero attached hydrogens (tertiary/aromatic N) is 2. The van der Waals surface area contributed by atoms with Crippen LogP contribution in [-0.2, 0) is 26.7 Å². The van der Waals surface area contributed by atoms with Crippen molar-refractivity contribution >= 4 is 0 Å². The quantitative estimate of drug-likeness (QED) is 0.900. The summed E-state index contributed by atoms with van der Waals surface area (Å²) in [5.74, 6) is -0.367. The van der Waals surface area contributed by atoms with E-state index in [-0.39, 0.29) is 19.0 Å². The molecule has 1 aromatic heterocycles. The summed E-state index contributed by atoms with van der Waals surface area (Å²) in [4.78, 5) is 0. The highest BCUT2D eigenvalue weighted by Gasteiger charge is 2.11. The molecule has 1 aromatic carbocycles. The first-order chi connectivity index (χ1) is 9.15. The number of rotatable bonds is 5. The normalized spacial score (nSPS) is 10.7. The zero-order chi connectivity index (χ0) is 13.8. The van der Waals surface area contributed by atoms with Gasteiger partial charge in [0.25, 0.3) is 0 Å². The maximum atomic E-state index is 13.7. The van der Waals surface area contributed by atoms with Crippen molar-refractivity contribution < 1.29 is 14.2 Å². The first kappa shape index (κ1) is 13.5. The monoisotopic (exact) mass is 264 g/mol. The molecule has 0 radical (unpaired) electrons. The lowest BCUT2D eigenvalue weighted by molar-refractivity contribution is 0.247. The molecule has 0 saturated heterocycles. The van der Waals surface area contributed by atoms with Gasteiger partial charge in [0.15, 0.2) is 11.6 Å². The summed E-state index contributed by atoms with van der Waals surface area (Å²) in [6.07, 6.45) is 0.843. The average Bonchev–Trinajstić information content (AvgIpc) is 2.77. The predicted octanol–water partition coefficient (Wildman–Crippen LogP) is 2.19. The van der Waals surface area contributed by atoms with Crippen molar-refractivity contribution in [2.45, 2.75) is 26.6 Å². The first-order valence-corrected chi connectivity index (χ1v) is 6.18. The lowest BCUT2D eigenvalue weighted by atomic mass is 10.2. The summed E-state index contributed by atoms with van der Waals surface area (Å²) in [6, 6.07) is 6.43. The number of aryl methyl sites for hydroxylation is 2. The number of para-hydroxylation sites is 1. The van der Waals surface area contributed by atoms with Crippen molar-refractivity contribution in [3.63, 3.8) is 0 Å². The number of hydrogen-bond acceptors (Lipinski definition) is 3.